The fourth-order valence-corrected chi connectivity index (χ4v) is 2.42. The summed E-state index contributed by atoms with van der Waals surface area (Å²) < 4.78 is 0.784. The number of halogens is 1. The van der Waals surface area contributed by atoms with Gasteiger partial charge in [0.1, 0.15) is 26.8 Å². The highest BCUT2D eigenvalue weighted by atomic mass is 79.9. The van der Waals surface area contributed by atoms with E-state index in [1.807, 2.05) is 19.1 Å². The molecule has 2 heterocycles. The van der Waals surface area contributed by atoms with Crippen LogP contribution in [0.1, 0.15) is 5.82 Å². The SMILES string of the molecule is Cc1nc(Br)cc(Sc2ccncn2)n1. The highest BCUT2D eigenvalue weighted by molar-refractivity contribution is 9.10. The molecule has 0 fully saturated rings. The first-order valence-electron chi connectivity index (χ1n) is 4.19. The Bertz CT molecular complexity index is 443. The first kappa shape index (κ1) is 10.5. The minimum atomic E-state index is 0.737. The van der Waals surface area contributed by atoms with Crippen molar-refractivity contribution in [3.05, 3.63) is 35.1 Å². The van der Waals surface area contributed by atoms with Crippen molar-refractivity contribution in [1.29, 1.82) is 0 Å². The molecular weight excluding hydrogens is 276 g/mol. The summed E-state index contributed by atoms with van der Waals surface area (Å²) in [5.74, 6) is 0.737. The van der Waals surface area contributed by atoms with Gasteiger partial charge in [-0.1, -0.05) is 0 Å². The number of rotatable bonds is 2. The molecule has 0 bridgehead atoms. The zero-order valence-corrected chi connectivity index (χ0v) is 10.3. The molecule has 0 aromatic carbocycles. The molecule has 6 heteroatoms. The molecule has 15 heavy (non-hydrogen) atoms. The van der Waals surface area contributed by atoms with Crippen molar-refractivity contribution < 1.29 is 0 Å². The van der Waals surface area contributed by atoms with Gasteiger partial charge in [-0.15, -0.1) is 0 Å². The van der Waals surface area contributed by atoms with Crippen LogP contribution >= 0.6 is 27.7 Å². The van der Waals surface area contributed by atoms with Crippen LogP contribution in [0.4, 0.5) is 0 Å². The van der Waals surface area contributed by atoms with Crippen molar-refractivity contribution in [3.8, 4) is 0 Å². The van der Waals surface area contributed by atoms with Gasteiger partial charge in [-0.25, -0.2) is 19.9 Å². The van der Waals surface area contributed by atoms with E-state index in [1.54, 1.807) is 6.20 Å². The second-order valence-corrected chi connectivity index (χ2v) is 4.58. The van der Waals surface area contributed by atoms with E-state index in [4.69, 9.17) is 0 Å². The van der Waals surface area contributed by atoms with Gasteiger partial charge >= 0.3 is 0 Å². The molecule has 0 aliphatic heterocycles. The van der Waals surface area contributed by atoms with Gasteiger partial charge in [0, 0.05) is 12.3 Å². The van der Waals surface area contributed by atoms with Crippen molar-refractivity contribution in [2.24, 2.45) is 0 Å². The molecule has 0 aliphatic rings. The Morgan fingerprint density at radius 1 is 1.27 bits per heavy atom. The Labute approximate surface area is 99.7 Å². The molecule has 0 aliphatic carbocycles. The smallest absolute Gasteiger partial charge is 0.127 e. The molecule has 0 atom stereocenters. The molecule has 0 spiro atoms. The van der Waals surface area contributed by atoms with Gasteiger partial charge in [-0.2, -0.15) is 0 Å². The summed E-state index contributed by atoms with van der Waals surface area (Å²) in [4.78, 5) is 16.4. The maximum atomic E-state index is 4.29. The second-order valence-electron chi connectivity index (χ2n) is 2.73. The summed E-state index contributed by atoms with van der Waals surface area (Å²) in [5.41, 5.74) is 0. The molecule has 2 rings (SSSR count). The number of aryl methyl sites for hydroxylation is 1. The molecular formula is C9H7BrN4S. The third kappa shape index (κ3) is 2.97. The number of nitrogens with zero attached hydrogens (tertiary/aromatic N) is 4. The number of hydrogen-bond donors (Lipinski definition) is 0. The van der Waals surface area contributed by atoms with Gasteiger partial charge in [0.05, 0.1) is 0 Å². The molecule has 2 aromatic rings. The van der Waals surface area contributed by atoms with Gasteiger partial charge in [-0.3, -0.25) is 0 Å². The average Bonchev–Trinajstić information content (AvgIpc) is 2.17. The maximum absolute atomic E-state index is 4.29. The number of aromatic nitrogens is 4. The number of hydrogen-bond acceptors (Lipinski definition) is 5. The predicted octanol–water partition coefficient (Wildman–Crippen LogP) is 2.49. The minimum Gasteiger partial charge on any atom is -0.245 e. The van der Waals surface area contributed by atoms with Crippen LogP contribution in [-0.4, -0.2) is 19.9 Å². The summed E-state index contributed by atoms with van der Waals surface area (Å²) in [5, 5.41) is 1.74. The summed E-state index contributed by atoms with van der Waals surface area (Å²) in [6.45, 7) is 1.86. The normalized spacial score (nSPS) is 10.3. The van der Waals surface area contributed by atoms with E-state index in [-0.39, 0.29) is 0 Å². The van der Waals surface area contributed by atoms with Crippen LogP contribution in [0.2, 0.25) is 0 Å². The Morgan fingerprint density at radius 3 is 2.80 bits per heavy atom. The van der Waals surface area contributed by atoms with E-state index < -0.39 is 0 Å². The fourth-order valence-electron chi connectivity index (χ4n) is 1.00. The first-order valence-corrected chi connectivity index (χ1v) is 5.80. The van der Waals surface area contributed by atoms with Crippen molar-refractivity contribution in [1.82, 2.24) is 19.9 Å². The van der Waals surface area contributed by atoms with Crippen LogP contribution in [0, 0.1) is 6.92 Å². The average molecular weight is 283 g/mol. The molecule has 76 valence electrons. The van der Waals surface area contributed by atoms with Crippen molar-refractivity contribution >= 4 is 27.7 Å². The van der Waals surface area contributed by atoms with E-state index in [0.29, 0.717) is 0 Å². The van der Waals surface area contributed by atoms with E-state index in [9.17, 15) is 0 Å². The van der Waals surface area contributed by atoms with E-state index in [2.05, 4.69) is 35.9 Å². The summed E-state index contributed by atoms with van der Waals surface area (Å²) in [6, 6.07) is 3.70. The Morgan fingerprint density at radius 2 is 2.13 bits per heavy atom. The fraction of sp³-hybridized carbons (Fsp3) is 0.111. The van der Waals surface area contributed by atoms with Crippen molar-refractivity contribution in [2.45, 2.75) is 17.0 Å². The largest absolute Gasteiger partial charge is 0.245 e. The van der Waals surface area contributed by atoms with Crippen molar-refractivity contribution in [2.75, 3.05) is 0 Å². The van der Waals surface area contributed by atoms with E-state index >= 15 is 0 Å². The van der Waals surface area contributed by atoms with E-state index in [0.717, 1.165) is 20.5 Å². The maximum Gasteiger partial charge on any atom is 0.127 e. The summed E-state index contributed by atoms with van der Waals surface area (Å²) >= 11 is 4.81. The standard InChI is InChI=1S/C9H7BrN4S/c1-6-13-7(10)4-9(14-6)15-8-2-3-11-5-12-8/h2-5H,1H3. The zero-order chi connectivity index (χ0) is 10.7. The van der Waals surface area contributed by atoms with Crippen LogP contribution in [-0.2, 0) is 0 Å². The van der Waals surface area contributed by atoms with Crippen LogP contribution < -0.4 is 0 Å². The van der Waals surface area contributed by atoms with Crippen LogP contribution in [0.15, 0.2) is 39.3 Å². The quantitative estimate of drug-likeness (QED) is 0.792. The molecule has 0 N–H and O–H groups in total. The van der Waals surface area contributed by atoms with Crippen LogP contribution in [0.5, 0.6) is 0 Å². The molecule has 0 saturated heterocycles. The molecule has 0 amide bonds. The molecule has 0 saturated carbocycles. The highest BCUT2D eigenvalue weighted by Gasteiger charge is 2.02. The Balaban J connectivity index is 2.25. The monoisotopic (exact) mass is 282 g/mol. The first-order chi connectivity index (χ1) is 7.24. The van der Waals surface area contributed by atoms with Gasteiger partial charge in [0.15, 0.2) is 0 Å². The van der Waals surface area contributed by atoms with Gasteiger partial charge < -0.3 is 0 Å². The third-order valence-corrected chi connectivity index (χ3v) is 2.82. The molecule has 0 radical (unpaired) electrons. The van der Waals surface area contributed by atoms with Gasteiger partial charge in [0.2, 0.25) is 0 Å². The molecule has 2 aromatic heterocycles. The Hall–Kier alpha value is -1.01. The van der Waals surface area contributed by atoms with E-state index in [1.165, 1.54) is 18.1 Å². The van der Waals surface area contributed by atoms with Crippen LogP contribution in [0.25, 0.3) is 0 Å². The topological polar surface area (TPSA) is 51.6 Å². The lowest BCUT2D eigenvalue weighted by Gasteiger charge is -2.00. The molecule has 4 nitrogen and oxygen atoms in total. The lowest BCUT2D eigenvalue weighted by Crippen LogP contribution is -1.90. The minimum absolute atomic E-state index is 0.737. The zero-order valence-electron chi connectivity index (χ0n) is 7.88. The van der Waals surface area contributed by atoms with Gasteiger partial charge in [0.25, 0.3) is 0 Å². The lowest BCUT2D eigenvalue weighted by atomic mass is 10.6. The van der Waals surface area contributed by atoms with Crippen molar-refractivity contribution in [3.63, 3.8) is 0 Å². The predicted molar refractivity (Wildman–Crippen MR) is 60.6 cm³/mol. The Kier molecular flexibility index (Phi) is 3.27. The van der Waals surface area contributed by atoms with Crippen LogP contribution in [0.3, 0.4) is 0 Å². The second kappa shape index (κ2) is 4.67. The molecule has 0 unspecified atom stereocenters. The summed E-state index contributed by atoms with van der Waals surface area (Å²) in [7, 11) is 0. The third-order valence-electron chi connectivity index (χ3n) is 1.55. The van der Waals surface area contributed by atoms with Gasteiger partial charge in [-0.05, 0) is 40.7 Å². The highest BCUT2D eigenvalue weighted by Crippen LogP contribution is 2.24. The lowest BCUT2D eigenvalue weighted by molar-refractivity contribution is 0.946. The summed E-state index contributed by atoms with van der Waals surface area (Å²) in [6.07, 6.45) is 3.23.